The fraction of sp³-hybridized carbons (Fsp3) is 0.833. The van der Waals surface area contributed by atoms with E-state index in [1.165, 1.54) is 45.4 Å². The minimum Gasteiger partial charge on any atom is -0.429 e. The number of hydrogen-bond acceptors (Lipinski definition) is 6. The maximum absolute atomic E-state index is 12.3. The van der Waals surface area contributed by atoms with Crippen LogP contribution in [0.5, 0.6) is 0 Å². The van der Waals surface area contributed by atoms with Crippen molar-refractivity contribution in [2.24, 2.45) is 0 Å². The monoisotopic (exact) mass is 391 g/mol. The molecule has 26 heavy (non-hydrogen) atoms. The molecule has 0 aliphatic carbocycles. The molecule has 0 aromatic carbocycles. The van der Waals surface area contributed by atoms with Gasteiger partial charge in [-0.15, -0.1) is 0 Å². The molecular formula is C18H33NO6S. The Kier molecular flexibility index (Phi) is 10.4. The molecule has 1 aliphatic rings. The normalized spacial score (nSPS) is 18.9. The number of carbonyl (C=O) groups excluding carboxylic acids is 1. The number of rotatable bonds is 14. The third-order valence-corrected chi connectivity index (χ3v) is 6.65. The first-order valence-electron chi connectivity index (χ1n) is 9.61. The second kappa shape index (κ2) is 11.7. The average molecular weight is 392 g/mol. The number of cyclic esters (lactones) is 1. The van der Waals surface area contributed by atoms with Crippen molar-refractivity contribution in [3.05, 3.63) is 11.6 Å². The van der Waals surface area contributed by atoms with Crippen LogP contribution in [-0.4, -0.2) is 47.3 Å². The molecule has 0 spiro atoms. The lowest BCUT2D eigenvalue weighted by Gasteiger charge is -2.21. The first-order valence-corrected chi connectivity index (χ1v) is 11.1. The van der Waals surface area contributed by atoms with E-state index in [0.717, 1.165) is 25.3 Å². The fourth-order valence-electron chi connectivity index (χ4n) is 2.95. The van der Waals surface area contributed by atoms with E-state index in [1.54, 1.807) is 0 Å². The van der Waals surface area contributed by atoms with E-state index in [0.29, 0.717) is 10.9 Å². The highest BCUT2D eigenvalue weighted by Crippen LogP contribution is 2.24. The number of ether oxygens (including phenoxy) is 1. The van der Waals surface area contributed by atoms with Gasteiger partial charge in [0, 0.05) is 18.2 Å². The smallest absolute Gasteiger partial charge is 0.333 e. The van der Waals surface area contributed by atoms with E-state index < -0.39 is 27.5 Å². The second-order valence-corrected chi connectivity index (χ2v) is 9.01. The van der Waals surface area contributed by atoms with Crippen LogP contribution < -0.4 is 0 Å². The molecule has 0 saturated carbocycles. The van der Waals surface area contributed by atoms with Crippen molar-refractivity contribution in [2.75, 3.05) is 6.54 Å². The molecule has 1 rings (SSSR count). The van der Waals surface area contributed by atoms with E-state index in [-0.39, 0.29) is 12.1 Å². The first-order chi connectivity index (χ1) is 12.3. The molecule has 0 radical (unpaired) electrons. The van der Waals surface area contributed by atoms with E-state index in [2.05, 4.69) is 11.7 Å². The van der Waals surface area contributed by atoms with Gasteiger partial charge in [-0.3, -0.25) is 5.21 Å². The van der Waals surface area contributed by atoms with E-state index in [9.17, 15) is 23.5 Å². The van der Waals surface area contributed by atoms with Gasteiger partial charge in [0.05, 0.1) is 0 Å². The fourth-order valence-corrected chi connectivity index (χ4v) is 4.23. The minimum absolute atomic E-state index is 0.00134. The number of hydrogen-bond donors (Lipinski definition) is 2. The summed E-state index contributed by atoms with van der Waals surface area (Å²) in [4.78, 5) is 11.1. The van der Waals surface area contributed by atoms with Gasteiger partial charge >= 0.3 is 5.97 Å². The van der Waals surface area contributed by atoms with Crippen molar-refractivity contribution in [3.63, 3.8) is 0 Å². The summed E-state index contributed by atoms with van der Waals surface area (Å²) in [6.07, 6.45) is 10.5. The Morgan fingerprint density at radius 3 is 2.04 bits per heavy atom. The Balaban J connectivity index is 2.24. The van der Waals surface area contributed by atoms with E-state index >= 15 is 0 Å². The quantitative estimate of drug-likeness (QED) is 0.268. The molecule has 0 bridgehead atoms. The van der Waals surface area contributed by atoms with Crippen molar-refractivity contribution in [1.82, 2.24) is 4.47 Å². The molecule has 2 N–H and O–H groups in total. The van der Waals surface area contributed by atoms with Crippen LogP contribution in [0.4, 0.5) is 0 Å². The number of aliphatic hydroxyl groups excluding tert-OH is 1. The topological polar surface area (TPSA) is 104 Å². The van der Waals surface area contributed by atoms with Crippen LogP contribution in [-0.2, 0) is 19.6 Å². The van der Waals surface area contributed by atoms with Crippen LogP contribution in [0, 0.1) is 0 Å². The lowest BCUT2D eigenvalue weighted by atomic mass is 10.1. The zero-order valence-electron chi connectivity index (χ0n) is 15.9. The number of aliphatic hydroxyl groups is 1. The van der Waals surface area contributed by atoms with E-state index in [1.807, 2.05) is 0 Å². The molecule has 152 valence electrons. The highest BCUT2D eigenvalue weighted by molar-refractivity contribution is 7.89. The molecule has 0 amide bonds. The molecule has 2 unspecified atom stereocenters. The Bertz CT molecular complexity index is 560. The van der Waals surface area contributed by atoms with Crippen LogP contribution in [0.15, 0.2) is 11.6 Å². The molecule has 8 heteroatoms. The Labute approximate surface area is 157 Å². The zero-order chi connectivity index (χ0) is 19.6. The van der Waals surface area contributed by atoms with Crippen LogP contribution in [0.3, 0.4) is 0 Å². The van der Waals surface area contributed by atoms with Crippen molar-refractivity contribution >= 4 is 16.0 Å². The molecule has 2 atom stereocenters. The van der Waals surface area contributed by atoms with Crippen molar-refractivity contribution < 1.29 is 28.3 Å². The Hall–Kier alpha value is -0.960. The van der Waals surface area contributed by atoms with Crippen LogP contribution in [0.1, 0.15) is 78.1 Å². The Morgan fingerprint density at radius 1 is 1.08 bits per heavy atom. The summed E-state index contributed by atoms with van der Waals surface area (Å²) in [6, 6.07) is 0. The predicted octanol–water partition coefficient (Wildman–Crippen LogP) is 3.12. The van der Waals surface area contributed by atoms with Crippen molar-refractivity contribution in [1.29, 1.82) is 0 Å². The molecule has 7 nitrogen and oxygen atoms in total. The molecule has 0 saturated heterocycles. The summed E-state index contributed by atoms with van der Waals surface area (Å²) in [6.45, 7) is 3.51. The zero-order valence-corrected chi connectivity index (χ0v) is 16.7. The lowest BCUT2D eigenvalue weighted by molar-refractivity contribution is -0.151. The molecule has 1 heterocycles. The summed E-state index contributed by atoms with van der Waals surface area (Å²) in [7, 11) is -4.06. The number of sulfonamides is 1. The van der Waals surface area contributed by atoms with Gasteiger partial charge in [-0.05, 0) is 13.3 Å². The van der Waals surface area contributed by atoms with Gasteiger partial charge in [0.2, 0.25) is 16.3 Å². The number of esters is 1. The van der Waals surface area contributed by atoms with Crippen molar-refractivity contribution in [2.45, 2.75) is 89.6 Å². The largest absolute Gasteiger partial charge is 0.429 e. The van der Waals surface area contributed by atoms with Gasteiger partial charge in [0.15, 0.2) is 0 Å². The maximum atomic E-state index is 12.3. The highest BCUT2D eigenvalue weighted by atomic mass is 32.2. The molecular weight excluding hydrogens is 358 g/mol. The second-order valence-electron chi connectivity index (χ2n) is 6.85. The summed E-state index contributed by atoms with van der Waals surface area (Å²) < 4.78 is 29.5. The first kappa shape index (κ1) is 23.1. The van der Waals surface area contributed by atoms with Crippen LogP contribution in [0.2, 0.25) is 0 Å². The molecule has 1 aliphatic heterocycles. The van der Waals surface area contributed by atoms with Gasteiger partial charge in [0.1, 0.15) is 5.25 Å². The maximum Gasteiger partial charge on any atom is 0.333 e. The number of hydroxylamine groups is 1. The van der Waals surface area contributed by atoms with E-state index in [4.69, 9.17) is 0 Å². The molecule has 0 fully saturated rings. The standard InChI is InChI=1S/C18H33NO6S/c1-3-4-5-6-7-8-9-10-11-12-13-19(22)26(23,24)15(2)16-14-17(20)25-18(16)21/h14-15,18,21-22H,3-13H2,1-2H3. The molecule has 0 aromatic rings. The van der Waals surface area contributed by atoms with Crippen molar-refractivity contribution in [3.8, 4) is 0 Å². The predicted molar refractivity (Wildman–Crippen MR) is 98.9 cm³/mol. The van der Waals surface area contributed by atoms with Crippen LogP contribution in [0.25, 0.3) is 0 Å². The third kappa shape index (κ3) is 7.34. The van der Waals surface area contributed by atoms with Gasteiger partial charge < -0.3 is 9.84 Å². The van der Waals surface area contributed by atoms with Gasteiger partial charge in [0.25, 0.3) is 0 Å². The Morgan fingerprint density at radius 2 is 1.58 bits per heavy atom. The lowest BCUT2D eigenvalue weighted by Crippen LogP contribution is -2.38. The SMILES string of the molecule is CCCCCCCCCCCCN(O)S(=O)(=O)C(C)C1=CC(=O)OC1O. The highest BCUT2D eigenvalue weighted by Gasteiger charge is 2.37. The number of carbonyl (C=O) groups is 1. The summed E-state index contributed by atoms with van der Waals surface area (Å²) in [5.74, 6) is -0.784. The minimum atomic E-state index is -4.06. The average Bonchev–Trinajstić information content (AvgIpc) is 2.93. The number of nitrogens with zero attached hydrogens (tertiary/aromatic N) is 1. The summed E-state index contributed by atoms with van der Waals surface area (Å²) in [5, 5.41) is 18.2. The van der Waals surface area contributed by atoms with Gasteiger partial charge in [-0.2, -0.15) is 0 Å². The van der Waals surface area contributed by atoms with Gasteiger partial charge in [-0.25, -0.2) is 13.2 Å². The van der Waals surface area contributed by atoms with Gasteiger partial charge in [-0.1, -0.05) is 69.2 Å². The summed E-state index contributed by atoms with van der Waals surface area (Å²) >= 11 is 0. The third-order valence-electron chi connectivity index (χ3n) is 4.71. The summed E-state index contributed by atoms with van der Waals surface area (Å²) in [5.41, 5.74) is -0.0582. The number of unbranched alkanes of at least 4 members (excludes halogenated alkanes) is 9. The molecule has 0 aromatic heterocycles. The van der Waals surface area contributed by atoms with Crippen LogP contribution >= 0.6 is 0 Å².